The normalized spacial score (nSPS) is 14.8. The Bertz CT molecular complexity index is 605. The summed E-state index contributed by atoms with van der Waals surface area (Å²) in [5.74, 6) is -15.3. The van der Waals surface area contributed by atoms with Gasteiger partial charge in [0.05, 0.1) is 6.61 Å². The summed E-state index contributed by atoms with van der Waals surface area (Å²) >= 11 is 2.42. The molecular formula is C14H15F8NO4S. The minimum atomic E-state index is -5.74. The third kappa shape index (κ3) is 6.65. The zero-order valence-corrected chi connectivity index (χ0v) is 14.8. The molecule has 0 aliphatic rings. The quantitative estimate of drug-likeness (QED) is 0.127. The van der Waals surface area contributed by atoms with Crippen molar-refractivity contribution in [3.05, 3.63) is 25.2 Å². The molecule has 0 saturated heterocycles. The summed E-state index contributed by atoms with van der Waals surface area (Å²) in [4.78, 5) is 22.9. The Hall–Kier alpha value is -1.83. The number of hydrogen-bond acceptors (Lipinski definition) is 5. The highest BCUT2D eigenvalue weighted by molar-refractivity contribution is 7.81. The second kappa shape index (κ2) is 9.58. The number of carbonyl (C=O) groups is 2. The van der Waals surface area contributed by atoms with Gasteiger partial charge in [0.1, 0.15) is 0 Å². The molecule has 0 saturated carbocycles. The molecule has 0 aliphatic heterocycles. The van der Waals surface area contributed by atoms with Gasteiger partial charge in [-0.25, -0.2) is 4.79 Å². The summed E-state index contributed by atoms with van der Waals surface area (Å²) in [5.41, 5.74) is 0. The van der Waals surface area contributed by atoms with E-state index < -0.39 is 66.7 Å². The lowest BCUT2D eigenvalue weighted by Crippen LogP contribution is -2.60. The standard InChI is InChI=1S/C14H15F8NO4S/c1-3-23-10(25)12(13(18,19)20,27-9(24)8(2)15)26-7-5-4-6-11(16,17)14(21,22)28/h3,28H,1-2,4-7H2,(H,23,25). The number of amides is 1. The maximum absolute atomic E-state index is 13.3. The summed E-state index contributed by atoms with van der Waals surface area (Å²) in [6, 6.07) is 0. The second-order valence-corrected chi connectivity index (χ2v) is 5.70. The van der Waals surface area contributed by atoms with Crippen molar-refractivity contribution in [2.24, 2.45) is 0 Å². The summed E-state index contributed by atoms with van der Waals surface area (Å²) in [7, 11) is 0. The molecule has 1 unspecified atom stereocenters. The Morgan fingerprint density at radius 2 is 1.61 bits per heavy atom. The molecule has 0 spiro atoms. The molecule has 0 aromatic heterocycles. The van der Waals surface area contributed by atoms with Crippen molar-refractivity contribution in [1.29, 1.82) is 0 Å². The first-order chi connectivity index (χ1) is 12.5. The average molecular weight is 445 g/mol. The first-order valence-corrected chi connectivity index (χ1v) is 7.65. The number of thiol groups is 1. The molecule has 0 radical (unpaired) electrons. The fourth-order valence-corrected chi connectivity index (χ4v) is 1.71. The fraction of sp³-hybridized carbons (Fsp3) is 0.571. The van der Waals surface area contributed by atoms with Gasteiger partial charge in [0, 0.05) is 6.42 Å². The minimum Gasteiger partial charge on any atom is -0.410 e. The van der Waals surface area contributed by atoms with Crippen molar-refractivity contribution in [3.63, 3.8) is 0 Å². The molecule has 14 heteroatoms. The highest BCUT2D eigenvalue weighted by atomic mass is 32.1. The van der Waals surface area contributed by atoms with Crippen LogP contribution in [0, 0.1) is 0 Å². The van der Waals surface area contributed by atoms with Crippen LogP contribution in [0.15, 0.2) is 25.2 Å². The zero-order chi connectivity index (χ0) is 22.4. The molecule has 0 aliphatic carbocycles. The highest BCUT2D eigenvalue weighted by Gasteiger charge is 2.66. The minimum absolute atomic E-state index is 0.472. The fourth-order valence-electron chi connectivity index (χ4n) is 1.60. The number of esters is 1. The van der Waals surface area contributed by atoms with Gasteiger partial charge in [0.15, 0.2) is 0 Å². The molecule has 5 nitrogen and oxygen atoms in total. The summed E-state index contributed by atoms with van der Waals surface area (Å²) in [5, 5.41) is -3.22. The van der Waals surface area contributed by atoms with Crippen LogP contribution >= 0.6 is 12.6 Å². The lowest BCUT2D eigenvalue weighted by atomic mass is 10.1. The van der Waals surface area contributed by atoms with Gasteiger partial charge >= 0.3 is 35.0 Å². The Morgan fingerprint density at radius 3 is 2.00 bits per heavy atom. The van der Waals surface area contributed by atoms with Crippen LogP contribution in [0.3, 0.4) is 0 Å². The molecule has 0 aromatic rings. The van der Waals surface area contributed by atoms with E-state index in [1.54, 1.807) is 0 Å². The van der Waals surface area contributed by atoms with E-state index in [-0.39, 0.29) is 0 Å². The van der Waals surface area contributed by atoms with Gasteiger partial charge in [-0.2, -0.15) is 35.1 Å². The summed E-state index contributed by atoms with van der Waals surface area (Å²) in [6.45, 7) is 4.18. The van der Waals surface area contributed by atoms with Crippen LogP contribution in [0.2, 0.25) is 0 Å². The van der Waals surface area contributed by atoms with Gasteiger partial charge in [0.2, 0.25) is 5.83 Å². The lowest BCUT2D eigenvalue weighted by Gasteiger charge is -2.32. The topological polar surface area (TPSA) is 64.6 Å². The summed E-state index contributed by atoms with van der Waals surface area (Å²) in [6.07, 6.45) is -8.20. The molecule has 1 N–H and O–H groups in total. The second-order valence-electron chi connectivity index (χ2n) is 5.14. The third-order valence-corrected chi connectivity index (χ3v) is 3.32. The van der Waals surface area contributed by atoms with Crippen molar-refractivity contribution >= 4 is 24.5 Å². The first-order valence-electron chi connectivity index (χ1n) is 7.20. The Kier molecular flexibility index (Phi) is 8.96. The van der Waals surface area contributed by atoms with E-state index in [2.05, 4.69) is 35.3 Å². The van der Waals surface area contributed by atoms with E-state index in [4.69, 9.17) is 0 Å². The van der Waals surface area contributed by atoms with Crippen LogP contribution in [0.5, 0.6) is 0 Å². The lowest BCUT2D eigenvalue weighted by molar-refractivity contribution is -0.347. The van der Waals surface area contributed by atoms with Crippen LogP contribution in [0.1, 0.15) is 19.3 Å². The largest absolute Gasteiger partial charge is 0.466 e. The SMILES string of the molecule is C=CNC(=O)C(OCCCCC(F)(F)C(F)(F)S)(OC(=O)C(=C)F)C(F)(F)F. The van der Waals surface area contributed by atoms with Gasteiger partial charge in [-0.1, -0.05) is 25.8 Å². The van der Waals surface area contributed by atoms with E-state index in [0.717, 1.165) is 0 Å². The van der Waals surface area contributed by atoms with Gasteiger partial charge in [0.25, 0.3) is 0 Å². The van der Waals surface area contributed by atoms with Crippen LogP contribution in [0.4, 0.5) is 35.1 Å². The number of alkyl halides is 7. The maximum atomic E-state index is 13.3. The van der Waals surface area contributed by atoms with Crippen LogP contribution in [-0.2, 0) is 19.1 Å². The number of halogens is 8. The van der Waals surface area contributed by atoms with E-state index in [9.17, 15) is 44.7 Å². The van der Waals surface area contributed by atoms with Gasteiger partial charge in [-0.05, 0) is 19.0 Å². The highest BCUT2D eigenvalue weighted by Crippen LogP contribution is 2.41. The van der Waals surface area contributed by atoms with Crippen LogP contribution < -0.4 is 5.32 Å². The number of unbranched alkanes of at least 4 members (excludes halogenated alkanes) is 1. The number of hydrogen-bond donors (Lipinski definition) is 2. The van der Waals surface area contributed by atoms with Crippen molar-refractivity contribution in [2.75, 3.05) is 6.61 Å². The van der Waals surface area contributed by atoms with Crippen molar-refractivity contribution in [1.82, 2.24) is 5.32 Å². The zero-order valence-electron chi connectivity index (χ0n) is 13.9. The summed E-state index contributed by atoms with van der Waals surface area (Å²) < 4.78 is 112. The molecule has 0 heterocycles. The van der Waals surface area contributed by atoms with Crippen LogP contribution in [-0.4, -0.2) is 41.6 Å². The molecule has 0 rings (SSSR count). The predicted octanol–water partition coefficient (Wildman–Crippen LogP) is 3.88. The molecule has 1 atom stereocenters. The third-order valence-electron chi connectivity index (χ3n) is 2.99. The smallest absolute Gasteiger partial charge is 0.410 e. The number of rotatable bonds is 11. The van der Waals surface area contributed by atoms with Crippen molar-refractivity contribution < 1.29 is 54.2 Å². The van der Waals surface area contributed by atoms with Crippen molar-refractivity contribution in [2.45, 2.75) is 42.4 Å². The molecule has 0 fully saturated rings. The van der Waals surface area contributed by atoms with Crippen LogP contribution in [0.25, 0.3) is 0 Å². The van der Waals surface area contributed by atoms with Gasteiger partial charge in [-0.3, -0.25) is 4.79 Å². The molecule has 0 bridgehead atoms. The Labute approximate surface area is 159 Å². The molecular weight excluding hydrogens is 430 g/mol. The molecule has 1 amide bonds. The van der Waals surface area contributed by atoms with Gasteiger partial charge in [-0.15, -0.1) is 0 Å². The van der Waals surface area contributed by atoms with Gasteiger partial charge < -0.3 is 14.8 Å². The Morgan fingerprint density at radius 1 is 1.07 bits per heavy atom. The van der Waals surface area contributed by atoms with E-state index >= 15 is 0 Å². The maximum Gasteiger partial charge on any atom is 0.466 e. The molecule has 0 aromatic carbocycles. The average Bonchev–Trinajstić information content (AvgIpc) is 2.50. The molecule has 162 valence electrons. The predicted molar refractivity (Wildman–Crippen MR) is 82.1 cm³/mol. The monoisotopic (exact) mass is 445 g/mol. The van der Waals surface area contributed by atoms with Crippen molar-refractivity contribution in [3.8, 4) is 0 Å². The van der Waals surface area contributed by atoms with E-state index in [1.165, 1.54) is 5.32 Å². The van der Waals surface area contributed by atoms with E-state index in [0.29, 0.717) is 6.20 Å². The Balaban J connectivity index is 5.33. The number of carbonyl (C=O) groups excluding carboxylic acids is 2. The molecule has 28 heavy (non-hydrogen) atoms. The van der Waals surface area contributed by atoms with E-state index in [1.807, 2.05) is 0 Å². The first kappa shape index (κ1) is 26.2. The number of ether oxygens (including phenoxy) is 2. The number of nitrogens with one attached hydrogen (secondary N) is 1.